The SMILES string of the molecule is CC1=NN(c2ccc(S(=O)(=O)O)cc2)C(=O)C1N=Nc1ccccn1. The van der Waals surface area contributed by atoms with Crippen LogP contribution < -0.4 is 5.01 Å². The molecule has 3 rings (SSSR count). The Bertz CT molecular complexity index is 955. The number of benzene rings is 1. The maximum atomic E-state index is 12.5. The normalized spacial score (nSPS) is 18.0. The molecule has 1 unspecified atom stereocenters. The summed E-state index contributed by atoms with van der Waals surface area (Å²) in [4.78, 5) is 16.2. The number of hydrazone groups is 1. The molecule has 9 nitrogen and oxygen atoms in total. The van der Waals surface area contributed by atoms with Crippen LogP contribution >= 0.6 is 0 Å². The lowest BCUT2D eigenvalue weighted by molar-refractivity contribution is -0.117. The first kappa shape index (κ1) is 16.9. The van der Waals surface area contributed by atoms with Crippen molar-refractivity contribution in [2.75, 3.05) is 5.01 Å². The van der Waals surface area contributed by atoms with E-state index in [4.69, 9.17) is 4.55 Å². The van der Waals surface area contributed by atoms with Crippen molar-refractivity contribution in [3.63, 3.8) is 0 Å². The molecule has 0 aliphatic carbocycles. The highest BCUT2D eigenvalue weighted by molar-refractivity contribution is 7.85. The molecular weight excluding hydrogens is 346 g/mol. The van der Waals surface area contributed by atoms with Crippen LogP contribution in [-0.4, -0.2) is 35.6 Å². The zero-order valence-electron chi connectivity index (χ0n) is 13.0. The molecule has 0 saturated heterocycles. The van der Waals surface area contributed by atoms with Crippen molar-refractivity contribution in [2.45, 2.75) is 17.9 Å². The first-order valence-electron chi connectivity index (χ1n) is 7.15. The van der Waals surface area contributed by atoms with Crippen LogP contribution in [0, 0.1) is 0 Å². The molecule has 128 valence electrons. The van der Waals surface area contributed by atoms with Crippen LogP contribution in [0.5, 0.6) is 0 Å². The fourth-order valence-corrected chi connectivity index (χ4v) is 2.64. The molecular formula is C15H13N5O4S. The van der Waals surface area contributed by atoms with Crippen LogP contribution in [0.2, 0.25) is 0 Å². The van der Waals surface area contributed by atoms with Crippen molar-refractivity contribution in [1.29, 1.82) is 0 Å². The molecule has 1 aromatic heterocycles. The van der Waals surface area contributed by atoms with Crippen LogP contribution in [0.25, 0.3) is 0 Å². The van der Waals surface area contributed by atoms with E-state index in [-0.39, 0.29) is 4.90 Å². The molecule has 1 aliphatic rings. The summed E-state index contributed by atoms with van der Waals surface area (Å²) < 4.78 is 31.1. The van der Waals surface area contributed by atoms with Crippen molar-refractivity contribution in [1.82, 2.24) is 4.98 Å². The third-order valence-corrected chi connectivity index (χ3v) is 4.27. The van der Waals surface area contributed by atoms with Crippen molar-refractivity contribution in [2.24, 2.45) is 15.3 Å². The quantitative estimate of drug-likeness (QED) is 0.662. The maximum Gasteiger partial charge on any atom is 0.294 e. The van der Waals surface area contributed by atoms with E-state index in [1.54, 1.807) is 31.3 Å². The van der Waals surface area contributed by atoms with Gasteiger partial charge in [-0.05, 0) is 43.3 Å². The van der Waals surface area contributed by atoms with Gasteiger partial charge in [-0.1, -0.05) is 6.07 Å². The lowest BCUT2D eigenvalue weighted by Crippen LogP contribution is -2.29. The Labute approximate surface area is 143 Å². The van der Waals surface area contributed by atoms with Crippen LogP contribution in [-0.2, 0) is 14.9 Å². The second-order valence-electron chi connectivity index (χ2n) is 5.17. The lowest BCUT2D eigenvalue weighted by Gasteiger charge is -2.12. The van der Waals surface area contributed by atoms with Gasteiger partial charge in [0.15, 0.2) is 11.9 Å². The van der Waals surface area contributed by atoms with E-state index >= 15 is 0 Å². The number of azo groups is 1. The predicted molar refractivity (Wildman–Crippen MR) is 89.4 cm³/mol. The summed E-state index contributed by atoms with van der Waals surface area (Å²) in [5.74, 6) is -0.0455. The molecule has 1 amide bonds. The molecule has 0 radical (unpaired) electrons. The monoisotopic (exact) mass is 359 g/mol. The number of hydrogen-bond donors (Lipinski definition) is 1. The number of hydrogen-bond acceptors (Lipinski definition) is 7. The first-order chi connectivity index (χ1) is 11.9. The Morgan fingerprint density at radius 3 is 2.48 bits per heavy atom. The molecule has 0 bridgehead atoms. The van der Waals surface area contributed by atoms with Gasteiger partial charge in [-0.15, -0.1) is 5.11 Å². The Balaban J connectivity index is 1.81. The largest absolute Gasteiger partial charge is 0.294 e. The van der Waals surface area contributed by atoms with Crippen LogP contribution in [0.4, 0.5) is 11.5 Å². The van der Waals surface area contributed by atoms with Crippen LogP contribution in [0.1, 0.15) is 6.92 Å². The lowest BCUT2D eigenvalue weighted by atomic mass is 10.2. The molecule has 1 aliphatic heterocycles. The molecule has 0 spiro atoms. The fraction of sp³-hybridized carbons (Fsp3) is 0.133. The number of pyridine rings is 1. The maximum absolute atomic E-state index is 12.5. The Morgan fingerprint density at radius 2 is 1.88 bits per heavy atom. The van der Waals surface area contributed by atoms with Crippen molar-refractivity contribution >= 4 is 33.2 Å². The third-order valence-electron chi connectivity index (χ3n) is 3.40. The molecule has 1 aromatic carbocycles. The number of nitrogens with zero attached hydrogens (tertiary/aromatic N) is 5. The molecule has 1 N–H and O–H groups in total. The molecule has 2 heterocycles. The standard InChI is InChI=1S/C15H13N5O4S/c1-10-14(18-17-13-4-2-3-9-16-13)15(21)20(19-10)11-5-7-12(8-6-11)25(22,23)24/h2-9,14H,1H3,(H,22,23,24). The number of anilines is 1. The highest BCUT2D eigenvalue weighted by Gasteiger charge is 2.34. The molecule has 2 aromatic rings. The first-order valence-corrected chi connectivity index (χ1v) is 8.59. The van der Waals surface area contributed by atoms with Crippen molar-refractivity contribution in [3.05, 3.63) is 48.7 Å². The second-order valence-corrected chi connectivity index (χ2v) is 6.59. The van der Waals surface area contributed by atoms with Gasteiger partial charge in [0.05, 0.1) is 16.3 Å². The van der Waals surface area contributed by atoms with Gasteiger partial charge in [-0.3, -0.25) is 9.35 Å². The van der Waals surface area contributed by atoms with Gasteiger partial charge in [0.25, 0.3) is 16.0 Å². The summed E-state index contributed by atoms with van der Waals surface area (Å²) in [6.45, 7) is 1.65. The number of aromatic nitrogens is 1. The van der Waals surface area contributed by atoms with Crippen LogP contribution in [0.3, 0.4) is 0 Å². The van der Waals surface area contributed by atoms with Gasteiger partial charge in [0.2, 0.25) is 0 Å². The zero-order chi connectivity index (χ0) is 18.0. The van der Waals surface area contributed by atoms with Gasteiger partial charge in [-0.25, -0.2) is 4.98 Å². The molecule has 1 atom stereocenters. The summed E-state index contributed by atoms with van der Waals surface area (Å²) in [5.41, 5.74) is 0.802. The van der Waals surface area contributed by atoms with E-state index in [0.29, 0.717) is 17.2 Å². The highest BCUT2D eigenvalue weighted by atomic mass is 32.2. The average Bonchev–Trinajstić information content (AvgIpc) is 2.87. The summed E-state index contributed by atoms with van der Waals surface area (Å²) in [6, 6.07) is 9.39. The van der Waals surface area contributed by atoms with E-state index < -0.39 is 22.1 Å². The Morgan fingerprint density at radius 1 is 1.16 bits per heavy atom. The number of carbonyl (C=O) groups is 1. The topological polar surface area (TPSA) is 125 Å². The summed E-state index contributed by atoms with van der Waals surface area (Å²) in [6.07, 6.45) is 1.56. The predicted octanol–water partition coefficient (Wildman–Crippen LogP) is 2.20. The summed E-state index contributed by atoms with van der Waals surface area (Å²) in [7, 11) is -4.30. The van der Waals surface area contributed by atoms with Gasteiger partial charge < -0.3 is 0 Å². The van der Waals surface area contributed by atoms with Gasteiger partial charge >= 0.3 is 0 Å². The Kier molecular flexibility index (Phi) is 4.38. The van der Waals surface area contributed by atoms with Gasteiger partial charge in [0.1, 0.15) is 0 Å². The van der Waals surface area contributed by atoms with E-state index in [2.05, 4.69) is 20.3 Å². The smallest absolute Gasteiger partial charge is 0.282 e. The minimum Gasteiger partial charge on any atom is -0.282 e. The second kappa shape index (κ2) is 6.49. The van der Waals surface area contributed by atoms with E-state index in [1.165, 1.54) is 24.3 Å². The average molecular weight is 359 g/mol. The number of carbonyl (C=O) groups excluding carboxylic acids is 1. The summed E-state index contributed by atoms with van der Waals surface area (Å²) in [5, 5.41) is 13.2. The number of amides is 1. The zero-order valence-corrected chi connectivity index (χ0v) is 13.8. The molecule has 0 fully saturated rings. The minimum atomic E-state index is -4.30. The molecule has 10 heteroatoms. The van der Waals surface area contributed by atoms with Crippen molar-refractivity contribution < 1.29 is 17.8 Å². The van der Waals surface area contributed by atoms with Gasteiger partial charge in [0, 0.05) is 6.20 Å². The molecule has 25 heavy (non-hydrogen) atoms. The van der Waals surface area contributed by atoms with E-state index in [0.717, 1.165) is 5.01 Å². The van der Waals surface area contributed by atoms with Gasteiger partial charge in [-0.2, -0.15) is 23.6 Å². The minimum absolute atomic E-state index is 0.269. The van der Waals surface area contributed by atoms with Crippen LogP contribution in [0.15, 0.2) is 68.9 Å². The van der Waals surface area contributed by atoms with E-state index in [1.807, 2.05) is 0 Å². The third kappa shape index (κ3) is 3.59. The molecule has 0 saturated carbocycles. The fourth-order valence-electron chi connectivity index (χ4n) is 2.16. The summed E-state index contributed by atoms with van der Waals surface area (Å²) >= 11 is 0. The number of rotatable bonds is 4. The Hall–Kier alpha value is -2.98. The van der Waals surface area contributed by atoms with Crippen molar-refractivity contribution in [3.8, 4) is 0 Å². The van der Waals surface area contributed by atoms with E-state index in [9.17, 15) is 13.2 Å². The highest BCUT2D eigenvalue weighted by Crippen LogP contribution is 2.24.